The first-order valence-corrected chi connectivity index (χ1v) is 7.52. The first-order chi connectivity index (χ1) is 10.7. The average Bonchev–Trinajstić information content (AvgIpc) is 2.57. The number of aromatic nitrogens is 3. The molecule has 0 amide bonds. The van der Waals surface area contributed by atoms with Crippen molar-refractivity contribution in [3.63, 3.8) is 0 Å². The molecule has 0 aliphatic carbocycles. The van der Waals surface area contributed by atoms with Gasteiger partial charge in [-0.2, -0.15) is 4.98 Å². The molecule has 1 aliphatic rings. The molecule has 1 aliphatic heterocycles. The summed E-state index contributed by atoms with van der Waals surface area (Å²) in [5.74, 6) is 1.81. The van der Waals surface area contributed by atoms with Gasteiger partial charge in [0.15, 0.2) is 0 Å². The van der Waals surface area contributed by atoms with Gasteiger partial charge in [0.2, 0.25) is 17.7 Å². The number of halogens is 1. The monoisotopic (exact) mass is 320 g/mol. The van der Waals surface area contributed by atoms with Gasteiger partial charge < -0.3 is 14.4 Å². The highest BCUT2D eigenvalue weighted by Crippen LogP contribution is 2.21. The van der Waals surface area contributed by atoms with Crippen molar-refractivity contribution in [2.45, 2.75) is 18.9 Å². The van der Waals surface area contributed by atoms with Crippen LogP contribution in [-0.2, 0) is 0 Å². The van der Waals surface area contributed by atoms with Crippen LogP contribution in [0.2, 0.25) is 5.02 Å². The normalized spacial score (nSPS) is 18.1. The van der Waals surface area contributed by atoms with Crippen LogP contribution in [0.4, 0.5) is 5.95 Å². The Bertz CT molecular complexity index is 623. The molecule has 0 bridgehead atoms. The van der Waals surface area contributed by atoms with Crippen LogP contribution in [0.25, 0.3) is 0 Å². The number of rotatable bonds is 4. The summed E-state index contributed by atoms with van der Waals surface area (Å²) in [7, 11) is 1.60. The Morgan fingerprint density at radius 2 is 2.14 bits per heavy atom. The van der Waals surface area contributed by atoms with E-state index in [2.05, 4.69) is 19.9 Å². The molecule has 0 N–H and O–H groups in total. The lowest BCUT2D eigenvalue weighted by molar-refractivity contribution is 0.171. The summed E-state index contributed by atoms with van der Waals surface area (Å²) in [6.07, 6.45) is 5.33. The Balaban J connectivity index is 1.67. The lowest BCUT2D eigenvalue weighted by atomic mass is 10.1. The van der Waals surface area contributed by atoms with Gasteiger partial charge >= 0.3 is 0 Å². The van der Waals surface area contributed by atoms with Gasteiger partial charge in [-0.15, -0.1) is 0 Å². The van der Waals surface area contributed by atoms with E-state index >= 15 is 0 Å². The number of nitrogens with zero attached hydrogens (tertiary/aromatic N) is 4. The summed E-state index contributed by atoms with van der Waals surface area (Å²) >= 11 is 5.83. The standard InChI is InChI=1S/C15H17ClN4O2/c1-21-14-6-7-17-15(19-14)20-8-2-3-12(10-20)22-13-5-4-11(16)9-18-13/h4-7,9,12H,2-3,8,10H2,1H3. The van der Waals surface area contributed by atoms with E-state index in [1.807, 2.05) is 0 Å². The van der Waals surface area contributed by atoms with Crippen molar-refractivity contribution in [2.24, 2.45) is 0 Å². The van der Waals surface area contributed by atoms with E-state index in [0.29, 0.717) is 22.7 Å². The highest BCUT2D eigenvalue weighted by Gasteiger charge is 2.23. The molecule has 0 saturated carbocycles. The highest BCUT2D eigenvalue weighted by atomic mass is 35.5. The fourth-order valence-electron chi connectivity index (χ4n) is 2.42. The molecule has 3 rings (SSSR count). The highest BCUT2D eigenvalue weighted by molar-refractivity contribution is 6.30. The second-order valence-electron chi connectivity index (χ2n) is 5.04. The zero-order valence-electron chi connectivity index (χ0n) is 12.3. The van der Waals surface area contributed by atoms with E-state index in [9.17, 15) is 0 Å². The second-order valence-corrected chi connectivity index (χ2v) is 5.48. The van der Waals surface area contributed by atoms with Crippen LogP contribution in [0.5, 0.6) is 11.8 Å². The van der Waals surface area contributed by atoms with Gasteiger partial charge in [0.25, 0.3) is 0 Å². The molecule has 3 heterocycles. The number of ether oxygens (including phenoxy) is 2. The van der Waals surface area contributed by atoms with E-state index in [4.69, 9.17) is 21.1 Å². The molecule has 22 heavy (non-hydrogen) atoms. The maximum atomic E-state index is 5.92. The van der Waals surface area contributed by atoms with Gasteiger partial charge in [0.05, 0.1) is 18.7 Å². The maximum absolute atomic E-state index is 5.92. The van der Waals surface area contributed by atoms with E-state index in [1.165, 1.54) is 0 Å². The predicted octanol–water partition coefficient (Wildman–Crippen LogP) is 2.58. The fourth-order valence-corrected chi connectivity index (χ4v) is 2.53. The van der Waals surface area contributed by atoms with E-state index < -0.39 is 0 Å². The average molecular weight is 321 g/mol. The molecular weight excluding hydrogens is 304 g/mol. The summed E-state index contributed by atoms with van der Waals surface area (Å²) in [5, 5.41) is 0.599. The molecule has 7 heteroatoms. The van der Waals surface area contributed by atoms with Gasteiger partial charge in [0, 0.05) is 31.1 Å². The third-order valence-electron chi connectivity index (χ3n) is 3.48. The number of hydrogen-bond donors (Lipinski definition) is 0. The Kier molecular flexibility index (Phi) is 4.58. The first kappa shape index (κ1) is 14.8. The SMILES string of the molecule is COc1ccnc(N2CCCC(Oc3ccc(Cl)cn3)C2)n1. The largest absolute Gasteiger partial charge is 0.481 e. The van der Waals surface area contributed by atoms with Gasteiger partial charge in [-0.25, -0.2) is 9.97 Å². The zero-order valence-corrected chi connectivity index (χ0v) is 13.0. The van der Waals surface area contributed by atoms with Crippen molar-refractivity contribution in [3.8, 4) is 11.8 Å². The number of anilines is 1. The Labute approximate surface area is 134 Å². The first-order valence-electron chi connectivity index (χ1n) is 7.15. The number of piperidine rings is 1. The minimum atomic E-state index is 0.0530. The lowest BCUT2D eigenvalue weighted by Crippen LogP contribution is -2.42. The molecule has 1 unspecified atom stereocenters. The smallest absolute Gasteiger partial charge is 0.228 e. The van der Waals surface area contributed by atoms with Crippen molar-refractivity contribution >= 4 is 17.5 Å². The Morgan fingerprint density at radius 1 is 1.23 bits per heavy atom. The van der Waals surface area contributed by atoms with Crippen molar-refractivity contribution < 1.29 is 9.47 Å². The third-order valence-corrected chi connectivity index (χ3v) is 3.70. The number of methoxy groups -OCH3 is 1. The summed E-state index contributed by atoms with van der Waals surface area (Å²) in [6, 6.07) is 5.29. The van der Waals surface area contributed by atoms with Crippen LogP contribution in [-0.4, -0.2) is 41.3 Å². The van der Waals surface area contributed by atoms with Crippen LogP contribution in [0.15, 0.2) is 30.6 Å². The van der Waals surface area contributed by atoms with Crippen molar-refractivity contribution in [3.05, 3.63) is 35.6 Å². The van der Waals surface area contributed by atoms with Crippen LogP contribution < -0.4 is 14.4 Å². The molecule has 6 nitrogen and oxygen atoms in total. The van der Waals surface area contributed by atoms with Gasteiger partial charge in [-0.1, -0.05) is 11.6 Å². The maximum Gasteiger partial charge on any atom is 0.228 e. The van der Waals surface area contributed by atoms with Gasteiger partial charge in [-0.05, 0) is 18.9 Å². The summed E-state index contributed by atoms with van der Waals surface area (Å²) < 4.78 is 11.1. The Morgan fingerprint density at radius 3 is 2.91 bits per heavy atom. The van der Waals surface area contributed by atoms with E-state index in [1.54, 1.807) is 37.7 Å². The van der Waals surface area contributed by atoms with Crippen molar-refractivity contribution in [1.29, 1.82) is 0 Å². The zero-order chi connectivity index (χ0) is 15.4. The lowest BCUT2D eigenvalue weighted by Gasteiger charge is -2.32. The minimum Gasteiger partial charge on any atom is -0.481 e. The van der Waals surface area contributed by atoms with Gasteiger partial charge in [-0.3, -0.25) is 0 Å². The molecule has 1 fully saturated rings. The predicted molar refractivity (Wildman–Crippen MR) is 83.7 cm³/mol. The molecule has 2 aromatic rings. The minimum absolute atomic E-state index is 0.0530. The summed E-state index contributed by atoms with van der Waals surface area (Å²) in [4.78, 5) is 15.0. The summed E-state index contributed by atoms with van der Waals surface area (Å²) in [6.45, 7) is 1.62. The molecule has 1 atom stereocenters. The second kappa shape index (κ2) is 6.79. The number of hydrogen-bond acceptors (Lipinski definition) is 6. The van der Waals surface area contributed by atoms with E-state index in [-0.39, 0.29) is 6.10 Å². The van der Waals surface area contributed by atoms with E-state index in [0.717, 1.165) is 25.9 Å². The number of pyridine rings is 1. The Hall–Kier alpha value is -2.08. The van der Waals surface area contributed by atoms with Crippen LogP contribution in [0.3, 0.4) is 0 Å². The quantitative estimate of drug-likeness (QED) is 0.863. The molecular formula is C15H17ClN4O2. The van der Waals surface area contributed by atoms with Crippen molar-refractivity contribution in [1.82, 2.24) is 15.0 Å². The third kappa shape index (κ3) is 3.57. The molecule has 2 aromatic heterocycles. The molecule has 0 aromatic carbocycles. The fraction of sp³-hybridized carbons (Fsp3) is 0.400. The molecule has 0 spiro atoms. The summed E-state index contributed by atoms with van der Waals surface area (Å²) in [5.41, 5.74) is 0. The van der Waals surface area contributed by atoms with Crippen molar-refractivity contribution in [2.75, 3.05) is 25.1 Å². The van der Waals surface area contributed by atoms with Crippen LogP contribution in [0.1, 0.15) is 12.8 Å². The molecule has 116 valence electrons. The topological polar surface area (TPSA) is 60.4 Å². The molecule has 1 saturated heterocycles. The van der Waals surface area contributed by atoms with Crippen LogP contribution >= 0.6 is 11.6 Å². The molecule has 0 radical (unpaired) electrons. The van der Waals surface area contributed by atoms with Crippen LogP contribution in [0, 0.1) is 0 Å². The van der Waals surface area contributed by atoms with Gasteiger partial charge in [0.1, 0.15) is 6.10 Å².